The summed E-state index contributed by atoms with van der Waals surface area (Å²) in [5.41, 5.74) is 3.05. The molecule has 1 aliphatic rings. The number of carbonyl (C=O) groups excluding carboxylic acids is 1. The van der Waals surface area contributed by atoms with Crippen LogP contribution in [-0.4, -0.2) is 33.9 Å². The molecule has 104 valence electrons. The third-order valence-electron chi connectivity index (χ3n) is 3.82. The van der Waals surface area contributed by atoms with Crippen LogP contribution in [-0.2, 0) is 6.42 Å². The predicted octanol–water partition coefficient (Wildman–Crippen LogP) is 2.63. The molecular formula is C15H17N3OS. The van der Waals surface area contributed by atoms with Crippen LogP contribution in [0.2, 0.25) is 0 Å². The van der Waals surface area contributed by atoms with Crippen molar-refractivity contribution >= 4 is 17.2 Å². The zero-order chi connectivity index (χ0) is 13.8. The number of rotatable bonds is 3. The Morgan fingerprint density at radius 2 is 2.00 bits per heavy atom. The summed E-state index contributed by atoms with van der Waals surface area (Å²) in [4.78, 5) is 22.9. The molecule has 0 bridgehead atoms. The Bertz CT molecular complexity index is 548. The fraction of sp³-hybridized carbons (Fsp3) is 0.400. The van der Waals surface area contributed by atoms with Gasteiger partial charge in [-0.25, -0.2) is 0 Å². The Morgan fingerprint density at radius 3 is 2.65 bits per heavy atom. The van der Waals surface area contributed by atoms with E-state index in [2.05, 4.69) is 22.1 Å². The molecule has 0 radical (unpaired) electrons. The molecule has 2 aromatic heterocycles. The van der Waals surface area contributed by atoms with E-state index in [9.17, 15) is 4.79 Å². The molecule has 0 saturated carbocycles. The second kappa shape index (κ2) is 6.13. The standard InChI is InChI=1S/C15H17N3OS/c19-15(14-10-17-11-20-14)18-7-3-13(4-8-18)9-12-1-5-16-6-2-12/h1-2,5-6,10-11,13H,3-4,7-9H2. The first-order valence-electron chi connectivity index (χ1n) is 6.89. The molecule has 2 aromatic rings. The third kappa shape index (κ3) is 3.04. The second-order valence-electron chi connectivity index (χ2n) is 5.16. The van der Waals surface area contributed by atoms with E-state index in [4.69, 9.17) is 0 Å². The highest BCUT2D eigenvalue weighted by molar-refractivity contribution is 7.11. The van der Waals surface area contributed by atoms with Crippen molar-refractivity contribution in [2.45, 2.75) is 19.3 Å². The van der Waals surface area contributed by atoms with Gasteiger partial charge in [-0.3, -0.25) is 14.8 Å². The molecule has 0 atom stereocenters. The van der Waals surface area contributed by atoms with Gasteiger partial charge in [0.15, 0.2) is 0 Å². The molecule has 0 spiro atoms. The molecule has 3 heterocycles. The number of hydrogen-bond donors (Lipinski definition) is 0. The van der Waals surface area contributed by atoms with Crippen LogP contribution < -0.4 is 0 Å². The van der Waals surface area contributed by atoms with E-state index >= 15 is 0 Å². The van der Waals surface area contributed by atoms with E-state index < -0.39 is 0 Å². The molecule has 5 heteroatoms. The summed E-state index contributed by atoms with van der Waals surface area (Å²) in [6, 6.07) is 4.16. The highest BCUT2D eigenvalue weighted by Crippen LogP contribution is 2.23. The largest absolute Gasteiger partial charge is 0.338 e. The van der Waals surface area contributed by atoms with Gasteiger partial charge in [-0.15, -0.1) is 11.3 Å². The van der Waals surface area contributed by atoms with Crippen molar-refractivity contribution in [2.75, 3.05) is 13.1 Å². The SMILES string of the molecule is O=C(c1cncs1)N1CCC(Cc2ccncc2)CC1. The number of nitrogens with zero attached hydrogens (tertiary/aromatic N) is 3. The maximum Gasteiger partial charge on any atom is 0.265 e. The van der Waals surface area contributed by atoms with Gasteiger partial charge in [-0.1, -0.05) is 0 Å². The van der Waals surface area contributed by atoms with Gasteiger partial charge >= 0.3 is 0 Å². The minimum absolute atomic E-state index is 0.134. The molecule has 0 aromatic carbocycles. The van der Waals surface area contributed by atoms with Gasteiger partial charge in [0.1, 0.15) is 4.88 Å². The molecule has 0 aliphatic carbocycles. The topological polar surface area (TPSA) is 46.1 Å². The van der Waals surface area contributed by atoms with Gasteiger partial charge in [0.05, 0.1) is 11.7 Å². The lowest BCUT2D eigenvalue weighted by molar-refractivity contribution is 0.0695. The third-order valence-corrected chi connectivity index (χ3v) is 4.58. The lowest BCUT2D eigenvalue weighted by atomic mass is 9.90. The van der Waals surface area contributed by atoms with Gasteiger partial charge in [-0.2, -0.15) is 0 Å². The lowest BCUT2D eigenvalue weighted by Gasteiger charge is -2.31. The van der Waals surface area contributed by atoms with Crippen LogP contribution in [0.1, 0.15) is 28.1 Å². The van der Waals surface area contributed by atoms with Crippen molar-refractivity contribution in [2.24, 2.45) is 5.92 Å². The molecule has 1 saturated heterocycles. The molecule has 1 aliphatic heterocycles. The molecule has 20 heavy (non-hydrogen) atoms. The van der Waals surface area contributed by atoms with Gasteiger partial charge in [0.2, 0.25) is 0 Å². The molecule has 4 nitrogen and oxygen atoms in total. The summed E-state index contributed by atoms with van der Waals surface area (Å²) < 4.78 is 0. The van der Waals surface area contributed by atoms with Crippen LogP contribution in [0.5, 0.6) is 0 Å². The van der Waals surface area contributed by atoms with Gasteiger partial charge in [-0.05, 0) is 42.9 Å². The second-order valence-corrected chi connectivity index (χ2v) is 6.05. The molecule has 1 amide bonds. The van der Waals surface area contributed by atoms with Crippen LogP contribution in [0.3, 0.4) is 0 Å². The zero-order valence-corrected chi connectivity index (χ0v) is 12.1. The van der Waals surface area contributed by atoms with Crippen molar-refractivity contribution in [3.05, 3.63) is 46.7 Å². The van der Waals surface area contributed by atoms with E-state index in [0.29, 0.717) is 5.92 Å². The number of carbonyl (C=O) groups is 1. The van der Waals surface area contributed by atoms with E-state index in [1.807, 2.05) is 17.3 Å². The van der Waals surface area contributed by atoms with Crippen LogP contribution in [0.4, 0.5) is 0 Å². The molecule has 0 unspecified atom stereocenters. The van der Waals surface area contributed by atoms with Gasteiger partial charge < -0.3 is 4.90 Å². The maximum atomic E-state index is 12.2. The minimum Gasteiger partial charge on any atom is -0.338 e. The number of amides is 1. The molecule has 3 rings (SSSR count). The molecular weight excluding hydrogens is 270 g/mol. The van der Waals surface area contributed by atoms with Crippen molar-refractivity contribution in [3.8, 4) is 0 Å². The Labute approximate surface area is 122 Å². The number of aromatic nitrogens is 2. The number of hydrogen-bond acceptors (Lipinski definition) is 4. The monoisotopic (exact) mass is 287 g/mol. The van der Waals surface area contributed by atoms with E-state index in [0.717, 1.165) is 37.2 Å². The normalized spacial score (nSPS) is 16.3. The first-order chi connectivity index (χ1) is 9.83. The fourth-order valence-corrected chi connectivity index (χ4v) is 3.26. The summed E-state index contributed by atoms with van der Waals surface area (Å²) in [6.07, 6.45) is 8.59. The first kappa shape index (κ1) is 13.2. The lowest BCUT2D eigenvalue weighted by Crippen LogP contribution is -2.38. The number of likely N-dealkylation sites (tertiary alicyclic amines) is 1. The van der Waals surface area contributed by atoms with Crippen LogP contribution in [0, 0.1) is 5.92 Å². The van der Waals surface area contributed by atoms with Crippen LogP contribution in [0.25, 0.3) is 0 Å². The molecule has 0 N–H and O–H groups in total. The van der Waals surface area contributed by atoms with Gasteiger partial charge in [0.25, 0.3) is 5.91 Å². The van der Waals surface area contributed by atoms with E-state index in [1.54, 1.807) is 11.7 Å². The Balaban J connectivity index is 1.53. The minimum atomic E-state index is 0.134. The first-order valence-corrected chi connectivity index (χ1v) is 7.77. The summed E-state index contributed by atoms with van der Waals surface area (Å²) in [6.45, 7) is 1.71. The zero-order valence-electron chi connectivity index (χ0n) is 11.2. The van der Waals surface area contributed by atoms with Crippen LogP contribution >= 0.6 is 11.3 Å². The summed E-state index contributed by atoms with van der Waals surface area (Å²) in [5.74, 6) is 0.803. The van der Waals surface area contributed by atoms with Crippen molar-refractivity contribution in [1.29, 1.82) is 0 Å². The summed E-state index contributed by atoms with van der Waals surface area (Å²) >= 11 is 1.42. The van der Waals surface area contributed by atoms with E-state index in [-0.39, 0.29) is 5.91 Å². The number of pyridine rings is 1. The number of thiazole rings is 1. The van der Waals surface area contributed by atoms with Crippen molar-refractivity contribution in [1.82, 2.24) is 14.9 Å². The Hall–Kier alpha value is -1.75. The highest BCUT2D eigenvalue weighted by Gasteiger charge is 2.24. The van der Waals surface area contributed by atoms with E-state index in [1.165, 1.54) is 16.9 Å². The quantitative estimate of drug-likeness (QED) is 0.872. The average Bonchev–Trinajstić information content (AvgIpc) is 3.03. The summed E-state index contributed by atoms with van der Waals surface area (Å²) in [5, 5.41) is 0. The maximum absolute atomic E-state index is 12.2. The fourth-order valence-electron chi connectivity index (χ4n) is 2.67. The summed E-state index contributed by atoms with van der Waals surface area (Å²) in [7, 11) is 0. The Kier molecular flexibility index (Phi) is 4.06. The van der Waals surface area contributed by atoms with Crippen LogP contribution in [0.15, 0.2) is 36.2 Å². The highest BCUT2D eigenvalue weighted by atomic mass is 32.1. The smallest absolute Gasteiger partial charge is 0.265 e. The van der Waals surface area contributed by atoms with Crippen molar-refractivity contribution < 1.29 is 4.79 Å². The van der Waals surface area contributed by atoms with Gasteiger partial charge in [0, 0.05) is 25.5 Å². The van der Waals surface area contributed by atoms with Crippen molar-refractivity contribution in [3.63, 3.8) is 0 Å². The Morgan fingerprint density at radius 1 is 1.25 bits per heavy atom. The predicted molar refractivity (Wildman–Crippen MR) is 78.7 cm³/mol. The molecule has 1 fully saturated rings. The average molecular weight is 287 g/mol. The number of piperidine rings is 1.